The number of methoxy groups -OCH3 is 2. The van der Waals surface area contributed by atoms with Crippen LogP contribution in [-0.4, -0.2) is 38.9 Å². The second kappa shape index (κ2) is 13.3. The normalized spacial score (nSPS) is 11.9. The molecule has 0 saturated heterocycles. The summed E-state index contributed by atoms with van der Waals surface area (Å²) in [6.07, 6.45) is 3.49. The van der Waals surface area contributed by atoms with Crippen LogP contribution in [0.2, 0.25) is 0 Å². The highest BCUT2D eigenvalue weighted by Gasteiger charge is 2.27. The molecule has 0 atom stereocenters. The van der Waals surface area contributed by atoms with Crippen molar-refractivity contribution in [3.05, 3.63) is 53.6 Å². The molecule has 8 nitrogen and oxygen atoms in total. The van der Waals surface area contributed by atoms with Crippen LogP contribution in [-0.2, 0) is 18.4 Å². The van der Waals surface area contributed by atoms with Crippen molar-refractivity contribution in [2.75, 3.05) is 26.1 Å². The first-order valence-electron chi connectivity index (χ1n) is 11.2. The first kappa shape index (κ1) is 27.6. The van der Waals surface area contributed by atoms with Crippen LogP contribution in [0.5, 0.6) is 11.5 Å². The van der Waals surface area contributed by atoms with Crippen molar-refractivity contribution in [1.29, 1.82) is 0 Å². The maximum Gasteiger partial charge on any atom is 0.406 e. The SMILES string of the molecule is COc1cc(/C=C/c2ccc(NC(=O)CCNP(=O)(OC(C)C)OC(C)C)cc2)cc(OC)c1. The Morgan fingerprint density at radius 3 is 1.91 bits per heavy atom. The Bertz CT molecular complexity index is 969. The minimum Gasteiger partial charge on any atom is -0.497 e. The average molecular weight is 491 g/mol. The van der Waals surface area contributed by atoms with Crippen molar-refractivity contribution >= 4 is 31.5 Å². The largest absolute Gasteiger partial charge is 0.497 e. The Morgan fingerprint density at radius 2 is 1.41 bits per heavy atom. The van der Waals surface area contributed by atoms with Gasteiger partial charge in [-0.25, -0.2) is 9.65 Å². The Kier molecular flexibility index (Phi) is 10.8. The van der Waals surface area contributed by atoms with E-state index in [-0.39, 0.29) is 31.1 Å². The maximum atomic E-state index is 12.7. The standard InChI is InChI=1S/C25H35N2O6P/c1-18(2)32-34(29,33-19(3)4)26-14-13-25(28)27-22-11-9-20(10-12-22)7-8-21-15-23(30-5)17-24(16-21)31-6/h7-12,15-19H,13-14H2,1-6H3,(H,26,29)(H,27,28)/b8-7+. The number of rotatable bonds is 13. The van der Waals surface area contributed by atoms with Crippen molar-refractivity contribution in [3.8, 4) is 11.5 Å². The van der Waals surface area contributed by atoms with Crippen LogP contribution in [0.3, 0.4) is 0 Å². The smallest absolute Gasteiger partial charge is 0.406 e. The molecule has 34 heavy (non-hydrogen) atoms. The first-order chi connectivity index (χ1) is 16.1. The monoisotopic (exact) mass is 490 g/mol. The summed E-state index contributed by atoms with van der Waals surface area (Å²) in [5.74, 6) is 1.23. The molecule has 0 unspecified atom stereocenters. The molecule has 0 radical (unpaired) electrons. The Hall–Kier alpha value is -2.64. The summed E-state index contributed by atoms with van der Waals surface area (Å²) >= 11 is 0. The highest BCUT2D eigenvalue weighted by Crippen LogP contribution is 2.46. The third-order valence-corrected chi connectivity index (χ3v) is 6.40. The molecule has 0 aliphatic carbocycles. The topological polar surface area (TPSA) is 95.1 Å². The minimum absolute atomic E-state index is 0.117. The zero-order valence-corrected chi connectivity index (χ0v) is 21.6. The zero-order valence-electron chi connectivity index (χ0n) is 20.7. The molecule has 2 aromatic rings. The summed E-state index contributed by atoms with van der Waals surface area (Å²) < 4.78 is 34.2. The van der Waals surface area contributed by atoms with Crippen molar-refractivity contribution in [2.45, 2.75) is 46.3 Å². The van der Waals surface area contributed by atoms with E-state index in [1.165, 1.54) is 0 Å². The number of hydrogen-bond acceptors (Lipinski definition) is 6. The van der Waals surface area contributed by atoms with Crippen LogP contribution in [0.25, 0.3) is 12.2 Å². The number of nitrogens with one attached hydrogen (secondary N) is 2. The van der Waals surface area contributed by atoms with Gasteiger partial charge in [0.1, 0.15) is 11.5 Å². The second-order valence-corrected chi connectivity index (χ2v) is 9.85. The summed E-state index contributed by atoms with van der Waals surface area (Å²) in [7, 11) is -0.246. The second-order valence-electron chi connectivity index (χ2n) is 8.11. The molecule has 2 aromatic carbocycles. The lowest BCUT2D eigenvalue weighted by Crippen LogP contribution is -2.24. The van der Waals surface area contributed by atoms with Crippen molar-refractivity contribution in [1.82, 2.24) is 5.09 Å². The van der Waals surface area contributed by atoms with Gasteiger partial charge in [0.2, 0.25) is 5.91 Å². The first-order valence-corrected chi connectivity index (χ1v) is 12.7. The predicted octanol–water partition coefficient (Wildman–Crippen LogP) is 5.75. The molecule has 0 aliphatic heterocycles. The van der Waals surface area contributed by atoms with E-state index >= 15 is 0 Å². The summed E-state index contributed by atoms with van der Waals surface area (Å²) in [6, 6.07) is 13.1. The summed E-state index contributed by atoms with van der Waals surface area (Å²) in [5.41, 5.74) is 2.59. The number of ether oxygens (including phenoxy) is 2. The van der Waals surface area contributed by atoms with E-state index < -0.39 is 7.75 Å². The highest BCUT2D eigenvalue weighted by molar-refractivity contribution is 7.51. The van der Waals surface area contributed by atoms with E-state index in [1.807, 2.05) is 54.6 Å². The highest BCUT2D eigenvalue weighted by atomic mass is 31.2. The van der Waals surface area contributed by atoms with E-state index in [4.69, 9.17) is 18.5 Å². The zero-order chi connectivity index (χ0) is 25.1. The van der Waals surface area contributed by atoms with Gasteiger partial charge in [-0.1, -0.05) is 24.3 Å². The average Bonchev–Trinajstić information content (AvgIpc) is 2.77. The van der Waals surface area contributed by atoms with Gasteiger partial charge in [-0.15, -0.1) is 0 Å². The number of anilines is 1. The van der Waals surface area contributed by atoms with E-state index in [0.29, 0.717) is 5.69 Å². The fourth-order valence-corrected chi connectivity index (χ4v) is 4.67. The van der Waals surface area contributed by atoms with E-state index in [9.17, 15) is 9.36 Å². The van der Waals surface area contributed by atoms with E-state index in [1.54, 1.807) is 41.9 Å². The van der Waals surface area contributed by atoms with Crippen molar-refractivity contribution in [2.24, 2.45) is 0 Å². The molecule has 0 spiro atoms. The van der Waals surface area contributed by atoms with Gasteiger partial charge in [0.25, 0.3) is 0 Å². The fourth-order valence-electron chi connectivity index (χ4n) is 2.98. The molecule has 0 fully saturated rings. The third-order valence-electron chi connectivity index (χ3n) is 4.39. The maximum absolute atomic E-state index is 12.7. The lowest BCUT2D eigenvalue weighted by atomic mass is 10.1. The fraction of sp³-hybridized carbons (Fsp3) is 0.400. The summed E-state index contributed by atoms with van der Waals surface area (Å²) in [4.78, 5) is 12.3. The Morgan fingerprint density at radius 1 is 0.882 bits per heavy atom. The lowest BCUT2D eigenvalue weighted by Gasteiger charge is -2.23. The molecule has 0 aliphatic rings. The molecule has 2 N–H and O–H groups in total. The van der Waals surface area contributed by atoms with E-state index in [2.05, 4.69) is 10.4 Å². The molecule has 2 rings (SSSR count). The number of benzene rings is 2. The van der Waals surface area contributed by atoms with E-state index in [0.717, 1.165) is 22.6 Å². The van der Waals surface area contributed by atoms with Crippen LogP contribution in [0.1, 0.15) is 45.2 Å². The summed E-state index contributed by atoms with van der Waals surface area (Å²) in [6.45, 7) is 7.26. The number of hydrogen-bond donors (Lipinski definition) is 2. The van der Waals surface area contributed by atoms with Crippen LogP contribution in [0, 0.1) is 0 Å². The van der Waals surface area contributed by atoms with Crippen LogP contribution >= 0.6 is 7.75 Å². The van der Waals surface area contributed by atoms with Crippen molar-refractivity contribution in [3.63, 3.8) is 0 Å². The predicted molar refractivity (Wildman–Crippen MR) is 136 cm³/mol. The molecular weight excluding hydrogens is 455 g/mol. The van der Waals surface area contributed by atoms with Gasteiger partial charge in [0.15, 0.2) is 0 Å². The summed E-state index contributed by atoms with van der Waals surface area (Å²) in [5, 5.41) is 5.59. The van der Waals surface area contributed by atoms with Gasteiger partial charge in [-0.3, -0.25) is 13.8 Å². The lowest BCUT2D eigenvalue weighted by molar-refractivity contribution is -0.116. The van der Waals surface area contributed by atoms with Gasteiger partial charge in [-0.2, -0.15) is 0 Å². The third kappa shape index (κ3) is 9.69. The van der Waals surface area contributed by atoms with Crippen LogP contribution in [0.15, 0.2) is 42.5 Å². The minimum atomic E-state index is -3.47. The van der Waals surface area contributed by atoms with Gasteiger partial charge in [0.05, 0.1) is 26.4 Å². The molecular formula is C25H35N2O6P. The molecule has 1 amide bonds. The number of amides is 1. The van der Waals surface area contributed by atoms with Gasteiger partial charge < -0.3 is 14.8 Å². The Labute approximate surface area is 202 Å². The molecule has 186 valence electrons. The molecule has 0 bridgehead atoms. The van der Waals surface area contributed by atoms with Gasteiger partial charge in [0, 0.05) is 24.7 Å². The molecule has 0 saturated carbocycles. The van der Waals surface area contributed by atoms with Crippen LogP contribution in [0.4, 0.5) is 5.69 Å². The molecule has 9 heteroatoms. The quantitative estimate of drug-likeness (QED) is 0.273. The molecule has 0 heterocycles. The molecule has 0 aromatic heterocycles. The van der Waals surface area contributed by atoms with Gasteiger partial charge >= 0.3 is 7.75 Å². The van der Waals surface area contributed by atoms with Crippen LogP contribution < -0.4 is 19.9 Å². The van der Waals surface area contributed by atoms with Gasteiger partial charge in [-0.05, 0) is 63.1 Å². The van der Waals surface area contributed by atoms with Crippen molar-refractivity contribution < 1.29 is 27.9 Å². The Balaban J connectivity index is 1.90. The number of carbonyl (C=O) groups is 1. The number of carbonyl (C=O) groups excluding carboxylic acids is 1.